The first-order chi connectivity index (χ1) is 8.70. The summed E-state index contributed by atoms with van der Waals surface area (Å²) in [5.74, 6) is 5.93. The highest BCUT2D eigenvalue weighted by Gasteiger charge is 2.14. The smallest absolute Gasteiger partial charge is 0.270 e. The normalized spacial score (nSPS) is 11.9. The molecule has 94 valence electrons. The summed E-state index contributed by atoms with van der Waals surface area (Å²) < 4.78 is 0. The van der Waals surface area contributed by atoms with Crippen LogP contribution in [0.2, 0.25) is 0 Å². The second-order valence-corrected chi connectivity index (χ2v) is 3.62. The minimum Gasteiger partial charge on any atom is -0.341 e. The fraction of sp³-hybridized carbons (Fsp3) is 0.200. The maximum absolute atomic E-state index is 11.9. The van der Waals surface area contributed by atoms with Crippen LogP contribution >= 0.6 is 0 Å². The number of aromatic amines is 1. The lowest BCUT2D eigenvalue weighted by Gasteiger charge is -2.10. The summed E-state index contributed by atoms with van der Waals surface area (Å²) in [5, 5.41) is 9.15. The molecule has 2 heterocycles. The van der Waals surface area contributed by atoms with E-state index in [1.54, 1.807) is 25.1 Å². The Morgan fingerprint density at radius 3 is 3.00 bits per heavy atom. The third kappa shape index (κ3) is 2.61. The number of pyridine rings is 1. The van der Waals surface area contributed by atoms with E-state index >= 15 is 0 Å². The van der Waals surface area contributed by atoms with Crippen LogP contribution in [-0.2, 0) is 0 Å². The number of hydrogen-bond acceptors (Lipinski definition) is 6. The van der Waals surface area contributed by atoms with Crippen molar-refractivity contribution in [1.29, 1.82) is 0 Å². The summed E-state index contributed by atoms with van der Waals surface area (Å²) in [6, 6.07) is 4.67. The molecular formula is C10H13N7O. The Kier molecular flexibility index (Phi) is 3.49. The van der Waals surface area contributed by atoms with Gasteiger partial charge in [-0.05, 0) is 19.1 Å². The average Bonchev–Trinajstić information content (AvgIpc) is 2.92. The minimum absolute atomic E-state index is 0.275. The number of nitrogen functional groups attached to an aromatic ring is 1. The number of nitrogens with two attached hydrogens (primary N) is 1. The van der Waals surface area contributed by atoms with Gasteiger partial charge in [-0.2, -0.15) is 5.10 Å². The van der Waals surface area contributed by atoms with Crippen molar-refractivity contribution in [3.63, 3.8) is 0 Å². The zero-order valence-electron chi connectivity index (χ0n) is 9.71. The van der Waals surface area contributed by atoms with Crippen LogP contribution in [0.1, 0.15) is 29.3 Å². The minimum atomic E-state index is -0.309. The quantitative estimate of drug-likeness (QED) is 0.445. The predicted molar refractivity (Wildman–Crippen MR) is 64.3 cm³/mol. The van der Waals surface area contributed by atoms with Gasteiger partial charge in [-0.15, -0.1) is 0 Å². The first-order valence-corrected chi connectivity index (χ1v) is 5.30. The largest absolute Gasteiger partial charge is 0.341 e. The van der Waals surface area contributed by atoms with E-state index in [1.165, 1.54) is 6.33 Å². The summed E-state index contributed by atoms with van der Waals surface area (Å²) >= 11 is 0. The van der Waals surface area contributed by atoms with Crippen LogP contribution in [0.25, 0.3) is 0 Å². The Morgan fingerprint density at radius 1 is 1.50 bits per heavy atom. The van der Waals surface area contributed by atoms with Crippen LogP contribution in [0, 0.1) is 0 Å². The SMILES string of the molecule is CC(NC(=O)c1cccc(NN)n1)c1ncn[nH]1. The topological polar surface area (TPSA) is 122 Å². The van der Waals surface area contributed by atoms with Gasteiger partial charge in [0.15, 0.2) is 0 Å². The molecule has 18 heavy (non-hydrogen) atoms. The molecule has 0 spiro atoms. The van der Waals surface area contributed by atoms with Gasteiger partial charge in [0, 0.05) is 0 Å². The van der Waals surface area contributed by atoms with Crippen molar-refractivity contribution in [2.24, 2.45) is 5.84 Å². The highest BCUT2D eigenvalue weighted by atomic mass is 16.1. The number of hydrogen-bond donors (Lipinski definition) is 4. The third-order valence-electron chi connectivity index (χ3n) is 2.32. The Hall–Kier alpha value is -2.48. The molecule has 0 saturated heterocycles. The van der Waals surface area contributed by atoms with Crippen molar-refractivity contribution in [2.75, 3.05) is 5.43 Å². The predicted octanol–water partition coefficient (Wildman–Crippen LogP) is -0.0237. The highest BCUT2D eigenvalue weighted by molar-refractivity contribution is 5.92. The van der Waals surface area contributed by atoms with E-state index in [-0.39, 0.29) is 17.6 Å². The standard InChI is InChI=1S/C10H13N7O/c1-6(9-12-5-13-17-9)14-10(18)7-3-2-4-8(15-7)16-11/h2-6H,11H2,1H3,(H,14,18)(H,15,16)(H,12,13,17). The Morgan fingerprint density at radius 2 is 2.33 bits per heavy atom. The third-order valence-corrected chi connectivity index (χ3v) is 2.32. The lowest BCUT2D eigenvalue weighted by molar-refractivity contribution is 0.0933. The number of carbonyl (C=O) groups excluding carboxylic acids is 1. The van der Waals surface area contributed by atoms with Crippen molar-refractivity contribution < 1.29 is 4.79 Å². The van der Waals surface area contributed by atoms with Gasteiger partial charge in [-0.1, -0.05) is 6.07 Å². The van der Waals surface area contributed by atoms with E-state index < -0.39 is 0 Å². The van der Waals surface area contributed by atoms with Gasteiger partial charge in [-0.25, -0.2) is 15.8 Å². The van der Waals surface area contributed by atoms with Crippen LogP contribution < -0.4 is 16.6 Å². The van der Waals surface area contributed by atoms with E-state index in [0.717, 1.165) is 0 Å². The second-order valence-electron chi connectivity index (χ2n) is 3.62. The molecule has 8 heteroatoms. The summed E-state index contributed by atoms with van der Waals surface area (Å²) in [6.07, 6.45) is 1.38. The molecule has 1 atom stereocenters. The van der Waals surface area contributed by atoms with E-state index in [1.807, 2.05) is 0 Å². The van der Waals surface area contributed by atoms with E-state index in [0.29, 0.717) is 11.6 Å². The average molecular weight is 247 g/mol. The van der Waals surface area contributed by atoms with E-state index in [4.69, 9.17) is 5.84 Å². The van der Waals surface area contributed by atoms with Gasteiger partial charge >= 0.3 is 0 Å². The molecule has 0 radical (unpaired) electrons. The maximum atomic E-state index is 11.9. The maximum Gasteiger partial charge on any atom is 0.270 e. The van der Waals surface area contributed by atoms with Gasteiger partial charge < -0.3 is 10.7 Å². The van der Waals surface area contributed by atoms with Crippen LogP contribution in [0.5, 0.6) is 0 Å². The van der Waals surface area contributed by atoms with Gasteiger partial charge in [-0.3, -0.25) is 9.89 Å². The summed E-state index contributed by atoms with van der Waals surface area (Å²) in [6.45, 7) is 1.80. The molecular weight excluding hydrogens is 234 g/mol. The lowest BCUT2D eigenvalue weighted by Crippen LogP contribution is -2.28. The molecule has 0 fully saturated rings. The van der Waals surface area contributed by atoms with Gasteiger partial charge in [0.2, 0.25) is 0 Å². The molecule has 0 aliphatic carbocycles. The molecule has 5 N–H and O–H groups in total. The molecule has 1 amide bonds. The van der Waals surface area contributed by atoms with Crippen molar-refractivity contribution in [1.82, 2.24) is 25.5 Å². The molecule has 0 saturated carbocycles. The number of carbonyl (C=O) groups is 1. The van der Waals surface area contributed by atoms with Gasteiger partial charge in [0.1, 0.15) is 23.7 Å². The van der Waals surface area contributed by atoms with Crippen molar-refractivity contribution in [3.05, 3.63) is 36.0 Å². The van der Waals surface area contributed by atoms with Crippen molar-refractivity contribution in [3.8, 4) is 0 Å². The monoisotopic (exact) mass is 247 g/mol. The molecule has 2 aromatic heterocycles. The zero-order valence-corrected chi connectivity index (χ0v) is 9.71. The van der Waals surface area contributed by atoms with Gasteiger partial charge in [0.25, 0.3) is 5.91 Å². The molecule has 0 bridgehead atoms. The van der Waals surface area contributed by atoms with Crippen LogP contribution in [0.4, 0.5) is 5.82 Å². The summed E-state index contributed by atoms with van der Waals surface area (Å²) in [7, 11) is 0. The first-order valence-electron chi connectivity index (χ1n) is 5.30. The second kappa shape index (κ2) is 5.23. The van der Waals surface area contributed by atoms with E-state index in [9.17, 15) is 4.79 Å². The zero-order chi connectivity index (χ0) is 13.0. The number of nitrogens with zero attached hydrogens (tertiary/aromatic N) is 3. The lowest BCUT2D eigenvalue weighted by atomic mass is 10.2. The van der Waals surface area contributed by atoms with Crippen LogP contribution in [0.3, 0.4) is 0 Å². The Labute approximate surface area is 103 Å². The number of H-pyrrole nitrogens is 1. The van der Waals surface area contributed by atoms with Crippen LogP contribution in [0.15, 0.2) is 24.5 Å². The number of hydrazine groups is 1. The fourth-order valence-corrected chi connectivity index (χ4v) is 1.40. The van der Waals surface area contributed by atoms with E-state index in [2.05, 4.69) is 30.9 Å². The first kappa shape index (κ1) is 12.0. The highest BCUT2D eigenvalue weighted by Crippen LogP contribution is 2.07. The van der Waals surface area contributed by atoms with Gasteiger partial charge in [0.05, 0.1) is 6.04 Å². The molecule has 8 nitrogen and oxygen atoms in total. The fourth-order valence-electron chi connectivity index (χ4n) is 1.40. The number of nitrogens with one attached hydrogen (secondary N) is 3. The van der Waals surface area contributed by atoms with Crippen molar-refractivity contribution >= 4 is 11.7 Å². The molecule has 2 aromatic rings. The van der Waals surface area contributed by atoms with Crippen LogP contribution in [-0.4, -0.2) is 26.1 Å². The Bertz CT molecular complexity index is 525. The molecule has 1 unspecified atom stereocenters. The number of aromatic nitrogens is 4. The van der Waals surface area contributed by atoms with Crippen molar-refractivity contribution in [2.45, 2.75) is 13.0 Å². The summed E-state index contributed by atoms with van der Waals surface area (Å²) in [4.78, 5) is 19.9. The number of anilines is 1. The number of rotatable bonds is 4. The molecule has 2 rings (SSSR count). The number of amides is 1. The summed E-state index contributed by atoms with van der Waals surface area (Å²) in [5.41, 5.74) is 2.66. The molecule has 0 aromatic carbocycles. The molecule has 0 aliphatic heterocycles. The Balaban J connectivity index is 2.07. The molecule has 0 aliphatic rings.